The molecule has 0 aliphatic carbocycles. The minimum absolute atomic E-state index is 0.123. The number of aliphatic hydroxyl groups is 1. The smallest absolute Gasteiger partial charge is 0.292 e. The minimum Gasteiger partial charge on any atom is -0.389 e. The Morgan fingerprint density at radius 2 is 2.00 bits per heavy atom. The zero-order valence-electron chi connectivity index (χ0n) is 10.3. The predicted octanol–water partition coefficient (Wildman–Crippen LogP) is 1.50. The zero-order chi connectivity index (χ0) is 14.4. The van der Waals surface area contributed by atoms with E-state index in [-0.39, 0.29) is 24.5 Å². The van der Waals surface area contributed by atoms with Crippen molar-refractivity contribution in [3.8, 4) is 12.1 Å². The summed E-state index contributed by atoms with van der Waals surface area (Å²) < 4.78 is 0. The number of nitro benzene ring substituents is 1. The molecule has 1 aromatic carbocycles. The molecule has 1 atom stereocenters. The average molecular weight is 260 g/mol. The molecular weight excluding hydrogens is 248 g/mol. The molecule has 0 saturated heterocycles. The van der Waals surface area contributed by atoms with Crippen molar-refractivity contribution in [1.82, 2.24) is 0 Å². The number of anilines is 1. The average Bonchev–Trinajstić information content (AvgIpc) is 2.37. The molecule has 0 unspecified atom stereocenters. The lowest BCUT2D eigenvalue weighted by Gasteiger charge is -2.18. The third-order valence-corrected chi connectivity index (χ3v) is 2.54. The van der Waals surface area contributed by atoms with Gasteiger partial charge in [-0.1, -0.05) is 6.07 Å². The summed E-state index contributed by atoms with van der Waals surface area (Å²) in [6.45, 7) is 1.26. The number of rotatable bonds is 5. The SMILES string of the molecule is C[C@H](O)c1ccc(N(CC#N)CC#N)c([N+](=O)[O-])c1. The Labute approximate surface area is 110 Å². The first-order chi connectivity index (χ1) is 9.01. The molecule has 0 fully saturated rings. The van der Waals surface area contributed by atoms with Gasteiger partial charge in [-0.3, -0.25) is 10.1 Å². The van der Waals surface area contributed by atoms with Crippen LogP contribution < -0.4 is 4.90 Å². The van der Waals surface area contributed by atoms with Crippen molar-refractivity contribution in [2.75, 3.05) is 18.0 Å². The van der Waals surface area contributed by atoms with E-state index in [4.69, 9.17) is 10.5 Å². The van der Waals surface area contributed by atoms with Gasteiger partial charge in [0.05, 0.1) is 23.2 Å². The molecule has 19 heavy (non-hydrogen) atoms. The van der Waals surface area contributed by atoms with Crippen LogP contribution in [0.4, 0.5) is 11.4 Å². The van der Waals surface area contributed by atoms with Gasteiger partial charge in [0.1, 0.15) is 18.8 Å². The molecule has 0 aliphatic heterocycles. The van der Waals surface area contributed by atoms with Crippen LogP contribution in [0.2, 0.25) is 0 Å². The van der Waals surface area contributed by atoms with Gasteiger partial charge in [-0.15, -0.1) is 0 Å². The Bertz CT molecular complexity index is 541. The van der Waals surface area contributed by atoms with E-state index in [1.165, 1.54) is 30.0 Å². The highest BCUT2D eigenvalue weighted by atomic mass is 16.6. The van der Waals surface area contributed by atoms with Crippen LogP contribution in [0.3, 0.4) is 0 Å². The van der Waals surface area contributed by atoms with Crippen LogP contribution in [0, 0.1) is 32.8 Å². The Morgan fingerprint density at radius 3 is 2.42 bits per heavy atom. The molecule has 0 amide bonds. The van der Waals surface area contributed by atoms with Crippen LogP contribution in [-0.4, -0.2) is 23.1 Å². The highest BCUT2D eigenvalue weighted by Crippen LogP contribution is 2.30. The maximum atomic E-state index is 11.0. The summed E-state index contributed by atoms with van der Waals surface area (Å²) in [6.07, 6.45) is -0.826. The maximum absolute atomic E-state index is 11.0. The van der Waals surface area contributed by atoms with Crippen molar-refractivity contribution in [2.24, 2.45) is 0 Å². The van der Waals surface area contributed by atoms with Crippen LogP contribution in [0.25, 0.3) is 0 Å². The second kappa shape index (κ2) is 6.34. The fraction of sp³-hybridized carbons (Fsp3) is 0.333. The van der Waals surface area contributed by atoms with Gasteiger partial charge in [0, 0.05) is 6.07 Å². The van der Waals surface area contributed by atoms with Gasteiger partial charge in [-0.25, -0.2) is 0 Å². The van der Waals surface area contributed by atoms with E-state index in [1.807, 2.05) is 12.1 Å². The van der Waals surface area contributed by atoms with Crippen LogP contribution in [0.15, 0.2) is 18.2 Å². The lowest BCUT2D eigenvalue weighted by Crippen LogP contribution is -2.24. The van der Waals surface area contributed by atoms with Crippen molar-refractivity contribution in [3.63, 3.8) is 0 Å². The largest absolute Gasteiger partial charge is 0.389 e. The van der Waals surface area contributed by atoms with Crippen LogP contribution in [0.5, 0.6) is 0 Å². The number of benzene rings is 1. The number of nitriles is 2. The van der Waals surface area contributed by atoms with Gasteiger partial charge in [0.15, 0.2) is 0 Å². The van der Waals surface area contributed by atoms with Crippen molar-refractivity contribution in [1.29, 1.82) is 10.5 Å². The fourth-order valence-corrected chi connectivity index (χ4v) is 1.61. The number of hydrogen-bond donors (Lipinski definition) is 1. The first-order valence-electron chi connectivity index (χ1n) is 5.46. The van der Waals surface area contributed by atoms with Crippen LogP contribution in [-0.2, 0) is 0 Å². The quantitative estimate of drug-likeness (QED) is 0.487. The molecule has 0 aliphatic rings. The van der Waals surface area contributed by atoms with E-state index in [1.54, 1.807) is 0 Å². The van der Waals surface area contributed by atoms with Gasteiger partial charge < -0.3 is 10.0 Å². The molecule has 98 valence electrons. The van der Waals surface area contributed by atoms with Crippen molar-refractivity contribution in [3.05, 3.63) is 33.9 Å². The lowest BCUT2D eigenvalue weighted by molar-refractivity contribution is -0.384. The van der Waals surface area contributed by atoms with Crippen LogP contribution >= 0.6 is 0 Å². The second-order valence-corrected chi connectivity index (χ2v) is 3.85. The predicted molar refractivity (Wildman–Crippen MR) is 67.2 cm³/mol. The third kappa shape index (κ3) is 3.41. The van der Waals surface area contributed by atoms with Crippen LogP contribution in [0.1, 0.15) is 18.6 Å². The second-order valence-electron chi connectivity index (χ2n) is 3.85. The van der Waals surface area contributed by atoms with E-state index in [0.717, 1.165) is 0 Å². The van der Waals surface area contributed by atoms with Crippen molar-refractivity contribution in [2.45, 2.75) is 13.0 Å². The first kappa shape index (κ1) is 14.4. The molecule has 0 radical (unpaired) electrons. The van der Waals surface area contributed by atoms with E-state index in [0.29, 0.717) is 5.56 Å². The molecule has 7 nitrogen and oxygen atoms in total. The van der Waals surface area contributed by atoms with Gasteiger partial charge >= 0.3 is 0 Å². The van der Waals surface area contributed by atoms with Gasteiger partial charge in [0.2, 0.25) is 0 Å². The Kier molecular flexibility index (Phi) is 4.81. The zero-order valence-corrected chi connectivity index (χ0v) is 10.3. The van der Waals surface area contributed by atoms with E-state index < -0.39 is 11.0 Å². The van der Waals surface area contributed by atoms with E-state index in [9.17, 15) is 15.2 Å². The number of nitro groups is 1. The van der Waals surface area contributed by atoms with E-state index in [2.05, 4.69) is 0 Å². The molecular formula is C12H12N4O3. The molecule has 0 bridgehead atoms. The summed E-state index contributed by atoms with van der Waals surface area (Å²) in [4.78, 5) is 11.8. The molecule has 1 aromatic rings. The molecule has 0 aromatic heterocycles. The molecule has 1 N–H and O–H groups in total. The number of aliphatic hydroxyl groups excluding tert-OH is 1. The van der Waals surface area contributed by atoms with E-state index >= 15 is 0 Å². The first-order valence-corrected chi connectivity index (χ1v) is 5.46. The highest BCUT2D eigenvalue weighted by molar-refractivity contribution is 5.65. The highest BCUT2D eigenvalue weighted by Gasteiger charge is 2.20. The standard InChI is InChI=1S/C12H12N4O3/c1-9(17)10-2-3-11(12(8-10)16(18)19)15(6-4-13)7-5-14/h2-3,8-9,17H,6-7H2,1H3/t9-/m0/s1. The normalized spacial score (nSPS) is 11.2. The molecule has 0 spiro atoms. The summed E-state index contributed by atoms with van der Waals surface area (Å²) in [5.41, 5.74) is 0.366. The summed E-state index contributed by atoms with van der Waals surface area (Å²) >= 11 is 0. The summed E-state index contributed by atoms with van der Waals surface area (Å²) in [5.74, 6) is 0. The molecule has 0 heterocycles. The Balaban J connectivity index is 3.30. The Morgan fingerprint density at radius 1 is 1.42 bits per heavy atom. The fourth-order valence-electron chi connectivity index (χ4n) is 1.61. The van der Waals surface area contributed by atoms with Gasteiger partial charge in [-0.2, -0.15) is 10.5 Å². The lowest BCUT2D eigenvalue weighted by atomic mass is 10.1. The number of nitrogens with zero attached hydrogens (tertiary/aromatic N) is 4. The van der Waals surface area contributed by atoms with Crippen molar-refractivity contribution < 1.29 is 10.0 Å². The van der Waals surface area contributed by atoms with Crippen molar-refractivity contribution >= 4 is 11.4 Å². The third-order valence-electron chi connectivity index (χ3n) is 2.54. The van der Waals surface area contributed by atoms with Gasteiger partial charge in [-0.05, 0) is 18.6 Å². The maximum Gasteiger partial charge on any atom is 0.292 e. The minimum atomic E-state index is -0.826. The Hall–Kier alpha value is -2.64. The van der Waals surface area contributed by atoms with Gasteiger partial charge in [0.25, 0.3) is 5.69 Å². The summed E-state index contributed by atoms with van der Waals surface area (Å²) in [7, 11) is 0. The number of hydrogen-bond acceptors (Lipinski definition) is 6. The summed E-state index contributed by atoms with van der Waals surface area (Å²) in [5, 5.41) is 37.8. The summed E-state index contributed by atoms with van der Waals surface area (Å²) in [6, 6.07) is 7.94. The molecule has 1 rings (SSSR count). The molecule has 7 heteroatoms. The topological polar surface area (TPSA) is 114 Å². The monoisotopic (exact) mass is 260 g/mol. The molecule has 0 saturated carbocycles.